The van der Waals surface area contributed by atoms with Crippen LogP contribution >= 0.6 is 0 Å². The summed E-state index contributed by atoms with van der Waals surface area (Å²) >= 11 is 0. The van der Waals surface area contributed by atoms with Crippen molar-refractivity contribution in [3.05, 3.63) is 42.2 Å². The van der Waals surface area contributed by atoms with Crippen molar-refractivity contribution in [1.29, 1.82) is 0 Å². The third kappa shape index (κ3) is 2.82. The third-order valence-electron chi connectivity index (χ3n) is 3.20. The van der Waals surface area contributed by atoms with Crippen molar-refractivity contribution < 1.29 is 5.11 Å². The van der Waals surface area contributed by atoms with Gasteiger partial charge in [0.05, 0.1) is 24.7 Å². The molecule has 0 saturated carbocycles. The summed E-state index contributed by atoms with van der Waals surface area (Å²) in [7, 11) is 0. The van der Waals surface area contributed by atoms with Crippen molar-refractivity contribution in [2.45, 2.75) is 45.9 Å². The van der Waals surface area contributed by atoms with E-state index in [2.05, 4.69) is 28.0 Å². The fourth-order valence-electron chi connectivity index (χ4n) is 2.15. The van der Waals surface area contributed by atoms with E-state index in [9.17, 15) is 5.11 Å². The molecule has 4 heteroatoms. The standard InChI is InChI=1S/C14H21N3O/c1-3-5-14(18)12-6-7-16(9-12)10-13-8-15-11-17(13)4-2/h6-9,11,14,18H,3-5,10H2,1-2H3. The molecule has 0 fully saturated rings. The maximum Gasteiger partial charge on any atom is 0.0948 e. The minimum atomic E-state index is -0.340. The molecule has 98 valence electrons. The Morgan fingerprint density at radius 1 is 1.39 bits per heavy atom. The number of hydrogen-bond donors (Lipinski definition) is 1. The molecule has 0 bridgehead atoms. The van der Waals surface area contributed by atoms with Crippen molar-refractivity contribution in [2.75, 3.05) is 0 Å². The zero-order valence-electron chi connectivity index (χ0n) is 11.1. The molecule has 2 aromatic heterocycles. The van der Waals surface area contributed by atoms with Crippen molar-refractivity contribution in [2.24, 2.45) is 0 Å². The van der Waals surface area contributed by atoms with Gasteiger partial charge in [-0.2, -0.15) is 0 Å². The maximum absolute atomic E-state index is 9.93. The zero-order valence-corrected chi connectivity index (χ0v) is 11.1. The minimum Gasteiger partial charge on any atom is -0.388 e. The molecule has 0 aliphatic carbocycles. The van der Waals surface area contributed by atoms with Crippen molar-refractivity contribution in [1.82, 2.24) is 14.1 Å². The Bertz CT molecular complexity index is 487. The number of aliphatic hydroxyl groups excluding tert-OH is 1. The lowest BCUT2D eigenvalue weighted by atomic mass is 10.1. The van der Waals surface area contributed by atoms with Crippen LogP contribution in [0, 0.1) is 0 Å². The lowest BCUT2D eigenvalue weighted by Crippen LogP contribution is -2.04. The molecule has 0 saturated heterocycles. The third-order valence-corrected chi connectivity index (χ3v) is 3.20. The van der Waals surface area contributed by atoms with Gasteiger partial charge in [-0.25, -0.2) is 4.98 Å². The van der Waals surface area contributed by atoms with E-state index < -0.39 is 0 Å². The molecular weight excluding hydrogens is 226 g/mol. The summed E-state index contributed by atoms with van der Waals surface area (Å²) in [5, 5.41) is 9.93. The summed E-state index contributed by atoms with van der Waals surface area (Å²) in [6, 6.07) is 1.99. The highest BCUT2D eigenvalue weighted by atomic mass is 16.3. The van der Waals surface area contributed by atoms with Crippen molar-refractivity contribution in [3.63, 3.8) is 0 Å². The highest BCUT2D eigenvalue weighted by molar-refractivity contribution is 5.15. The molecule has 0 radical (unpaired) electrons. The largest absolute Gasteiger partial charge is 0.388 e. The van der Waals surface area contributed by atoms with Gasteiger partial charge in [0.25, 0.3) is 0 Å². The second-order valence-corrected chi connectivity index (χ2v) is 4.59. The molecule has 1 atom stereocenters. The number of aryl methyl sites for hydroxylation is 1. The Balaban J connectivity index is 2.07. The van der Waals surface area contributed by atoms with Gasteiger partial charge in [-0.3, -0.25) is 0 Å². The molecular formula is C14H21N3O. The van der Waals surface area contributed by atoms with Crippen LogP contribution in [-0.2, 0) is 13.1 Å². The fraction of sp³-hybridized carbons (Fsp3) is 0.500. The van der Waals surface area contributed by atoms with Crippen LogP contribution in [0.2, 0.25) is 0 Å². The normalized spacial score (nSPS) is 12.8. The Labute approximate surface area is 108 Å². The van der Waals surface area contributed by atoms with E-state index in [1.165, 1.54) is 5.69 Å². The van der Waals surface area contributed by atoms with Gasteiger partial charge in [0.1, 0.15) is 0 Å². The Hall–Kier alpha value is -1.55. The van der Waals surface area contributed by atoms with Gasteiger partial charge < -0.3 is 14.2 Å². The van der Waals surface area contributed by atoms with E-state index in [1.54, 1.807) is 0 Å². The molecule has 0 aliphatic rings. The van der Waals surface area contributed by atoms with Gasteiger partial charge in [0, 0.05) is 25.1 Å². The van der Waals surface area contributed by atoms with Crippen LogP contribution in [0.25, 0.3) is 0 Å². The Morgan fingerprint density at radius 3 is 2.94 bits per heavy atom. The van der Waals surface area contributed by atoms with Crippen molar-refractivity contribution in [3.8, 4) is 0 Å². The monoisotopic (exact) mass is 247 g/mol. The molecule has 2 rings (SSSR count). The van der Waals surface area contributed by atoms with E-state index in [-0.39, 0.29) is 6.10 Å². The van der Waals surface area contributed by atoms with Gasteiger partial charge in [0.15, 0.2) is 0 Å². The SMILES string of the molecule is CCCC(O)c1ccn(Cc2cncn2CC)c1. The Morgan fingerprint density at radius 2 is 2.22 bits per heavy atom. The number of imidazole rings is 1. The van der Waals surface area contributed by atoms with Crippen molar-refractivity contribution >= 4 is 0 Å². The number of rotatable bonds is 6. The van der Waals surface area contributed by atoms with Crippen LogP contribution < -0.4 is 0 Å². The van der Waals surface area contributed by atoms with Crippen LogP contribution in [0.4, 0.5) is 0 Å². The predicted molar refractivity (Wildman–Crippen MR) is 71.3 cm³/mol. The van der Waals surface area contributed by atoms with Gasteiger partial charge >= 0.3 is 0 Å². The molecule has 0 aliphatic heterocycles. The van der Waals surface area contributed by atoms with E-state index in [0.29, 0.717) is 0 Å². The summed E-state index contributed by atoms with van der Waals surface area (Å²) in [5.41, 5.74) is 2.18. The van der Waals surface area contributed by atoms with Crippen LogP contribution in [0.1, 0.15) is 44.1 Å². The number of aliphatic hydroxyl groups is 1. The molecule has 0 aromatic carbocycles. The molecule has 2 heterocycles. The molecule has 1 N–H and O–H groups in total. The second kappa shape index (κ2) is 5.87. The molecule has 1 unspecified atom stereocenters. The van der Waals surface area contributed by atoms with Crippen LogP contribution in [-0.4, -0.2) is 19.2 Å². The van der Waals surface area contributed by atoms with E-state index in [0.717, 1.165) is 31.5 Å². The second-order valence-electron chi connectivity index (χ2n) is 4.59. The van der Waals surface area contributed by atoms with Crippen LogP contribution in [0.3, 0.4) is 0 Å². The number of nitrogens with zero attached hydrogens (tertiary/aromatic N) is 3. The van der Waals surface area contributed by atoms with Crippen LogP contribution in [0.15, 0.2) is 31.0 Å². The fourth-order valence-corrected chi connectivity index (χ4v) is 2.15. The zero-order chi connectivity index (χ0) is 13.0. The molecule has 2 aromatic rings. The van der Waals surface area contributed by atoms with E-state index in [1.807, 2.05) is 31.0 Å². The summed E-state index contributed by atoms with van der Waals surface area (Å²) in [5.74, 6) is 0. The first-order chi connectivity index (χ1) is 8.74. The quantitative estimate of drug-likeness (QED) is 0.852. The van der Waals surface area contributed by atoms with E-state index >= 15 is 0 Å². The maximum atomic E-state index is 9.93. The highest BCUT2D eigenvalue weighted by Crippen LogP contribution is 2.18. The first-order valence-corrected chi connectivity index (χ1v) is 6.57. The average Bonchev–Trinajstić information content (AvgIpc) is 2.99. The first kappa shape index (κ1) is 12.9. The highest BCUT2D eigenvalue weighted by Gasteiger charge is 2.08. The average molecular weight is 247 g/mol. The summed E-state index contributed by atoms with van der Waals surface area (Å²) < 4.78 is 4.22. The lowest BCUT2D eigenvalue weighted by Gasteiger charge is -2.07. The first-order valence-electron chi connectivity index (χ1n) is 6.57. The summed E-state index contributed by atoms with van der Waals surface area (Å²) in [6.45, 7) is 5.92. The van der Waals surface area contributed by atoms with Crippen LogP contribution in [0.5, 0.6) is 0 Å². The number of hydrogen-bond acceptors (Lipinski definition) is 2. The minimum absolute atomic E-state index is 0.340. The predicted octanol–water partition coefficient (Wildman–Crippen LogP) is 2.59. The smallest absolute Gasteiger partial charge is 0.0948 e. The summed E-state index contributed by atoms with van der Waals surface area (Å²) in [6.07, 6.45) is 9.25. The molecule has 18 heavy (non-hydrogen) atoms. The van der Waals surface area contributed by atoms with Gasteiger partial charge in [-0.1, -0.05) is 13.3 Å². The topological polar surface area (TPSA) is 43.0 Å². The summed E-state index contributed by atoms with van der Waals surface area (Å²) in [4.78, 5) is 4.16. The van der Waals surface area contributed by atoms with Gasteiger partial charge in [-0.05, 0) is 25.0 Å². The Kier molecular flexibility index (Phi) is 4.20. The molecule has 0 spiro atoms. The molecule has 0 amide bonds. The molecule has 4 nitrogen and oxygen atoms in total. The van der Waals surface area contributed by atoms with E-state index in [4.69, 9.17) is 0 Å². The lowest BCUT2D eigenvalue weighted by molar-refractivity contribution is 0.166. The number of aromatic nitrogens is 3. The van der Waals surface area contributed by atoms with Gasteiger partial charge in [0.2, 0.25) is 0 Å². The van der Waals surface area contributed by atoms with Gasteiger partial charge in [-0.15, -0.1) is 0 Å².